The Morgan fingerprint density at radius 2 is 2.00 bits per heavy atom. The zero-order valence-electron chi connectivity index (χ0n) is 11.4. The lowest BCUT2D eigenvalue weighted by Gasteiger charge is -2.21. The zero-order chi connectivity index (χ0) is 13.6. The molecular weight excluding hydrogens is 248 g/mol. The molecule has 4 atom stereocenters. The summed E-state index contributed by atoms with van der Waals surface area (Å²) in [7, 11) is -3.74. The minimum atomic E-state index is -3.74. The summed E-state index contributed by atoms with van der Waals surface area (Å²) in [6.07, 6.45) is 2.14. The Morgan fingerprint density at radius 1 is 1.28 bits per heavy atom. The van der Waals surface area contributed by atoms with Gasteiger partial charge in [0.1, 0.15) is 0 Å². The topological polar surface area (TPSA) is 43.4 Å². The first-order valence-corrected chi connectivity index (χ1v) is 7.80. The third kappa shape index (κ3) is 2.19. The van der Waals surface area contributed by atoms with Gasteiger partial charge < -0.3 is 0 Å². The van der Waals surface area contributed by atoms with Crippen LogP contribution in [0.2, 0.25) is 0 Å². The minimum Gasteiger partial charge on any atom is -0.263 e. The van der Waals surface area contributed by atoms with Crippen LogP contribution in [0.15, 0.2) is 29.2 Å². The molecule has 1 aromatic carbocycles. The predicted octanol–water partition coefficient (Wildman–Crippen LogP) is 2.89. The van der Waals surface area contributed by atoms with E-state index in [9.17, 15) is 8.42 Å². The molecule has 0 heterocycles. The Kier molecular flexibility index (Phi) is 2.66. The Morgan fingerprint density at radius 3 is 2.61 bits per heavy atom. The van der Waals surface area contributed by atoms with E-state index >= 15 is 0 Å². The second-order valence-electron chi connectivity index (χ2n) is 5.35. The summed E-state index contributed by atoms with van der Waals surface area (Å²) in [5, 5.41) is 0. The highest BCUT2D eigenvalue weighted by molar-refractivity contribution is 7.86. The van der Waals surface area contributed by atoms with Crippen molar-refractivity contribution in [3.05, 3.63) is 29.8 Å². The number of rotatable bonds is 3. The third-order valence-corrected chi connectivity index (χ3v) is 5.31. The molecule has 98 valence electrons. The molecule has 4 heteroatoms. The van der Waals surface area contributed by atoms with E-state index in [4.69, 9.17) is 5.55 Å². The van der Waals surface area contributed by atoms with Crippen molar-refractivity contribution < 1.29 is 14.0 Å². The maximum absolute atomic E-state index is 12.2. The molecule has 0 spiro atoms. The number of aryl methyl sites for hydroxylation is 1. The van der Waals surface area contributed by atoms with Crippen molar-refractivity contribution in [3.63, 3.8) is 0 Å². The molecule has 2 aliphatic carbocycles. The maximum atomic E-state index is 12.2. The maximum Gasteiger partial charge on any atom is 0.297 e. The van der Waals surface area contributed by atoms with E-state index in [1.807, 2.05) is 6.92 Å². The summed E-state index contributed by atoms with van der Waals surface area (Å²) in [6.45, 7) is 1.91. The SMILES string of the molecule is [2H][C@@H]1[C@H]2CC[C@H](C2)[C@@H]1OS(=O)(=O)c1ccc(C)cc1. The fraction of sp³-hybridized carbons (Fsp3) is 0.571. The van der Waals surface area contributed by atoms with Crippen LogP contribution in [-0.2, 0) is 14.3 Å². The van der Waals surface area contributed by atoms with Crippen LogP contribution >= 0.6 is 0 Å². The van der Waals surface area contributed by atoms with E-state index in [1.54, 1.807) is 24.3 Å². The molecule has 3 nitrogen and oxygen atoms in total. The quantitative estimate of drug-likeness (QED) is 0.791. The van der Waals surface area contributed by atoms with Crippen LogP contribution in [0, 0.1) is 18.8 Å². The highest BCUT2D eigenvalue weighted by Crippen LogP contribution is 2.46. The molecule has 0 aliphatic heterocycles. The van der Waals surface area contributed by atoms with Crippen molar-refractivity contribution in [2.45, 2.75) is 43.6 Å². The highest BCUT2D eigenvalue weighted by atomic mass is 32.2. The Labute approximate surface area is 110 Å². The molecule has 0 aromatic heterocycles. The van der Waals surface area contributed by atoms with Crippen LogP contribution in [0.3, 0.4) is 0 Å². The number of hydrogen-bond acceptors (Lipinski definition) is 3. The molecule has 2 saturated carbocycles. The summed E-state index contributed by atoms with van der Waals surface area (Å²) < 4.78 is 37.9. The van der Waals surface area contributed by atoms with Gasteiger partial charge in [0.05, 0.1) is 11.0 Å². The molecule has 2 aliphatic rings. The number of benzene rings is 1. The van der Waals surface area contributed by atoms with Gasteiger partial charge in [0.15, 0.2) is 0 Å². The minimum absolute atomic E-state index is 0.188. The molecule has 1 aromatic rings. The van der Waals surface area contributed by atoms with E-state index in [-0.39, 0.29) is 17.2 Å². The number of hydrogen-bond donors (Lipinski definition) is 0. The zero-order valence-corrected chi connectivity index (χ0v) is 11.2. The molecular formula is C14H18O3S. The van der Waals surface area contributed by atoms with Gasteiger partial charge in [0, 0.05) is 1.37 Å². The second-order valence-corrected chi connectivity index (χ2v) is 6.93. The molecule has 0 saturated heterocycles. The lowest BCUT2D eigenvalue weighted by atomic mass is 9.98. The molecule has 2 bridgehead atoms. The molecule has 0 unspecified atom stereocenters. The van der Waals surface area contributed by atoms with Crippen molar-refractivity contribution >= 4 is 10.1 Å². The first kappa shape index (κ1) is 11.0. The summed E-state index contributed by atoms with van der Waals surface area (Å²) in [4.78, 5) is 0.188. The Hall–Kier alpha value is -0.870. The third-order valence-electron chi connectivity index (χ3n) is 3.99. The lowest BCUT2D eigenvalue weighted by Crippen LogP contribution is -2.24. The standard InChI is InChI=1S/C14H18O3S/c1-10-2-6-13(7-3-10)18(15,16)17-14-9-11-4-5-12(14)8-11/h2-3,6-7,11-12,14H,4-5,8-9H2,1H3/t11-,12+,14+/m0/s1/i9D/t9-,11+,12-,14-/m1. The van der Waals surface area contributed by atoms with E-state index in [1.165, 1.54) is 0 Å². The van der Waals surface area contributed by atoms with Gasteiger partial charge in [-0.25, -0.2) is 0 Å². The fourth-order valence-electron chi connectivity index (χ4n) is 2.97. The molecule has 0 radical (unpaired) electrons. The number of fused-ring (bicyclic) bond motifs is 2. The van der Waals surface area contributed by atoms with Crippen molar-refractivity contribution in [2.75, 3.05) is 0 Å². The molecule has 0 amide bonds. The van der Waals surface area contributed by atoms with Crippen LogP contribution in [0.1, 0.15) is 32.6 Å². The smallest absolute Gasteiger partial charge is 0.263 e. The van der Waals surface area contributed by atoms with Crippen molar-refractivity contribution in [1.82, 2.24) is 0 Å². The van der Waals surface area contributed by atoms with Crippen LogP contribution in [-0.4, -0.2) is 14.5 Å². The summed E-state index contributed by atoms with van der Waals surface area (Å²) in [6, 6.07) is 6.65. The molecule has 18 heavy (non-hydrogen) atoms. The highest BCUT2D eigenvalue weighted by Gasteiger charge is 2.42. The van der Waals surface area contributed by atoms with Gasteiger partial charge in [0.25, 0.3) is 10.1 Å². The lowest BCUT2D eigenvalue weighted by molar-refractivity contribution is 0.145. The largest absolute Gasteiger partial charge is 0.297 e. The van der Waals surface area contributed by atoms with E-state index < -0.39 is 16.2 Å². The summed E-state index contributed by atoms with van der Waals surface area (Å²) in [5.74, 6) is 0.566. The fourth-order valence-corrected chi connectivity index (χ4v) is 4.06. The van der Waals surface area contributed by atoms with Crippen molar-refractivity contribution in [3.8, 4) is 0 Å². The van der Waals surface area contributed by atoms with Gasteiger partial charge in [-0.3, -0.25) is 4.18 Å². The average molecular weight is 267 g/mol. The van der Waals surface area contributed by atoms with Gasteiger partial charge in [-0.05, 0) is 56.6 Å². The van der Waals surface area contributed by atoms with E-state index in [0.717, 1.165) is 24.8 Å². The normalized spacial score (nSPS) is 35.7. The van der Waals surface area contributed by atoms with Gasteiger partial charge in [0.2, 0.25) is 0 Å². The van der Waals surface area contributed by atoms with Crippen LogP contribution in [0.4, 0.5) is 0 Å². The van der Waals surface area contributed by atoms with Gasteiger partial charge in [-0.15, -0.1) is 0 Å². The predicted molar refractivity (Wildman–Crippen MR) is 68.7 cm³/mol. The molecule has 0 N–H and O–H groups in total. The van der Waals surface area contributed by atoms with Gasteiger partial charge in [-0.1, -0.05) is 17.7 Å². The average Bonchev–Trinajstić information content (AvgIpc) is 2.93. The van der Waals surface area contributed by atoms with E-state index in [0.29, 0.717) is 5.92 Å². The second kappa shape index (κ2) is 4.35. The monoisotopic (exact) mass is 267 g/mol. The first-order valence-electron chi connectivity index (χ1n) is 6.97. The Bertz CT molecular complexity index is 565. The first-order chi connectivity index (χ1) is 8.97. The summed E-state index contributed by atoms with van der Waals surface area (Å²) >= 11 is 0. The molecule has 3 rings (SSSR count). The van der Waals surface area contributed by atoms with Crippen LogP contribution < -0.4 is 0 Å². The van der Waals surface area contributed by atoms with Gasteiger partial charge in [-0.2, -0.15) is 8.42 Å². The van der Waals surface area contributed by atoms with Crippen LogP contribution in [0.25, 0.3) is 0 Å². The van der Waals surface area contributed by atoms with Crippen LogP contribution in [0.5, 0.6) is 0 Å². The Balaban J connectivity index is 1.80. The van der Waals surface area contributed by atoms with Crippen molar-refractivity contribution in [1.29, 1.82) is 0 Å². The van der Waals surface area contributed by atoms with Crippen molar-refractivity contribution in [2.24, 2.45) is 11.8 Å². The molecule has 2 fully saturated rings. The van der Waals surface area contributed by atoms with Gasteiger partial charge >= 0.3 is 0 Å². The summed E-state index contributed by atoms with van der Waals surface area (Å²) in [5.41, 5.74) is 1.01. The van der Waals surface area contributed by atoms with E-state index in [2.05, 4.69) is 0 Å².